The predicted octanol–water partition coefficient (Wildman–Crippen LogP) is 1.89. The Hall–Kier alpha value is -2.15. The highest BCUT2D eigenvalue weighted by molar-refractivity contribution is 5.96. The van der Waals surface area contributed by atoms with Crippen LogP contribution in [0.5, 0.6) is 0 Å². The molecule has 0 spiro atoms. The molecule has 1 aromatic rings. The first-order valence-corrected chi connectivity index (χ1v) is 6.84. The first-order valence-electron chi connectivity index (χ1n) is 6.84. The summed E-state index contributed by atoms with van der Waals surface area (Å²) in [6.07, 6.45) is 2.00. The van der Waals surface area contributed by atoms with Crippen molar-refractivity contribution in [2.24, 2.45) is 0 Å². The lowest BCUT2D eigenvalue weighted by Gasteiger charge is -2.22. The first-order chi connectivity index (χ1) is 10.1. The minimum atomic E-state index is -0.469. The van der Waals surface area contributed by atoms with Crippen molar-refractivity contribution in [1.82, 2.24) is 4.90 Å². The first kappa shape index (κ1) is 15.2. The SMILES string of the molecule is CNc1cc(C(=O)N(CCOC)C2CC2)ccc1[N+](=O)[O-]. The maximum Gasteiger partial charge on any atom is 0.292 e. The molecule has 1 amide bonds. The van der Waals surface area contributed by atoms with Gasteiger partial charge in [-0.15, -0.1) is 0 Å². The Kier molecular flexibility index (Phi) is 4.74. The van der Waals surface area contributed by atoms with E-state index in [1.165, 1.54) is 18.2 Å². The number of benzene rings is 1. The van der Waals surface area contributed by atoms with E-state index in [0.29, 0.717) is 24.4 Å². The number of nitro groups is 1. The van der Waals surface area contributed by atoms with E-state index in [1.54, 1.807) is 19.1 Å². The normalized spacial score (nSPS) is 13.8. The van der Waals surface area contributed by atoms with Crippen LogP contribution in [0.3, 0.4) is 0 Å². The summed E-state index contributed by atoms with van der Waals surface area (Å²) >= 11 is 0. The van der Waals surface area contributed by atoms with Crippen molar-refractivity contribution in [2.45, 2.75) is 18.9 Å². The number of nitrogens with zero attached hydrogens (tertiary/aromatic N) is 2. The van der Waals surface area contributed by atoms with Gasteiger partial charge in [0.2, 0.25) is 0 Å². The van der Waals surface area contributed by atoms with Crippen LogP contribution in [0.2, 0.25) is 0 Å². The van der Waals surface area contributed by atoms with Gasteiger partial charge >= 0.3 is 0 Å². The van der Waals surface area contributed by atoms with Gasteiger partial charge in [-0.25, -0.2) is 0 Å². The van der Waals surface area contributed by atoms with Gasteiger partial charge in [0.15, 0.2) is 0 Å². The number of methoxy groups -OCH3 is 1. The molecule has 0 saturated heterocycles. The number of nitro benzene ring substituents is 1. The summed E-state index contributed by atoms with van der Waals surface area (Å²) in [4.78, 5) is 24.8. The smallest absolute Gasteiger partial charge is 0.292 e. The van der Waals surface area contributed by atoms with Crippen molar-refractivity contribution >= 4 is 17.3 Å². The highest BCUT2D eigenvalue weighted by Gasteiger charge is 2.33. The Morgan fingerprint density at radius 2 is 2.24 bits per heavy atom. The van der Waals surface area contributed by atoms with Crippen LogP contribution in [0, 0.1) is 10.1 Å². The van der Waals surface area contributed by atoms with E-state index in [9.17, 15) is 14.9 Å². The fraction of sp³-hybridized carbons (Fsp3) is 0.500. The topological polar surface area (TPSA) is 84.7 Å². The Labute approximate surface area is 123 Å². The Balaban J connectivity index is 2.23. The van der Waals surface area contributed by atoms with Gasteiger partial charge in [-0.05, 0) is 25.0 Å². The summed E-state index contributed by atoms with van der Waals surface area (Å²) < 4.78 is 5.04. The fourth-order valence-electron chi connectivity index (χ4n) is 2.22. The molecule has 114 valence electrons. The minimum absolute atomic E-state index is 0.0380. The minimum Gasteiger partial charge on any atom is -0.383 e. The molecule has 0 atom stereocenters. The standard InChI is InChI=1S/C14H19N3O4/c1-15-12-9-10(3-6-13(12)17(19)20)14(18)16(7-8-21-2)11-4-5-11/h3,6,9,11,15H,4-5,7-8H2,1-2H3. The van der Waals surface area contributed by atoms with E-state index in [4.69, 9.17) is 4.74 Å². The zero-order chi connectivity index (χ0) is 15.4. The molecule has 1 aliphatic rings. The van der Waals surface area contributed by atoms with Crippen LogP contribution in [0.4, 0.5) is 11.4 Å². The summed E-state index contributed by atoms with van der Waals surface area (Å²) in [5, 5.41) is 13.7. The van der Waals surface area contributed by atoms with Crippen LogP contribution in [-0.4, -0.2) is 49.1 Å². The van der Waals surface area contributed by atoms with Gasteiger partial charge < -0.3 is 15.0 Å². The lowest BCUT2D eigenvalue weighted by Crippen LogP contribution is -2.35. The van der Waals surface area contributed by atoms with Crippen molar-refractivity contribution in [3.05, 3.63) is 33.9 Å². The monoisotopic (exact) mass is 293 g/mol. The Bertz CT molecular complexity index is 543. The van der Waals surface area contributed by atoms with Crippen molar-refractivity contribution in [1.29, 1.82) is 0 Å². The fourth-order valence-corrected chi connectivity index (χ4v) is 2.22. The van der Waals surface area contributed by atoms with E-state index in [-0.39, 0.29) is 17.6 Å². The van der Waals surface area contributed by atoms with Gasteiger partial charge in [0.1, 0.15) is 5.69 Å². The highest BCUT2D eigenvalue weighted by Crippen LogP contribution is 2.30. The summed E-state index contributed by atoms with van der Waals surface area (Å²) in [7, 11) is 3.20. The second kappa shape index (κ2) is 6.53. The molecular weight excluding hydrogens is 274 g/mol. The third-order valence-electron chi connectivity index (χ3n) is 3.49. The largest absolute Gasteiger partial charge is 0.383 e. The molecule has 1 saturated carbocycles. The van der Waals surface area contributed by atoms with Crippen molar-refractivity contribution < 1.29 is 14.5 Å². The zero-order valence-electron chi connectivity index (χ0n) is 12.2. The second-order valence-corrected chi connectivity index (χ2v) is 4.96. The Morgan fingerprint density at radius 1 is 1.52 bits per heavy atom. The number of ether oxygens (including phenoxy) is 1. The summed E-state index contributed by atoms with van der Waals surface area (Å²) in [5.41, 5.74) is 0.755. The van der Waals surface area contributed by atoms with E-state index in [2.05, 4.69) is 5.32 Å². The molecule has 0 aromatic heterocycles. The summed E-state index contributed by atoms with van der Waals surface area (Å²) in [6.45, 7) is 1.01. The molecule has 0 radical (unpaired) electrons. The van der Waals surface area contributed by atoms with E-state index >= 15 is 0 Å². The molecule has 0 unspecified atom stereocenters. The average Bonchev–Trinajstić information content (AvgIpc) is 3.31. The van der Waals surface area contributed by atoms with Gasteiger partial charge in [0.25, 0.3) is 11.6 Å². The molecule has 1 fully saturated rings. The van der Waals surface area contributed by atoms with Crippen molar-refractivity contribution in [3.8, 4) is 0 Å². The number of hydrogen-bond donors (Lipinski definition) is 1. The maximum atomic E-state index is 12.6. The predicted molar refractivity (Wildman–Crippen MR) is 78.6 cm³/mol. The van der Waals surface area contributed by atoms with E-state index < -0.39 is 4.92 Å². The van der Waals surface area contributed by atoms with Crippen LogP contribution >= 0.6 is 0 Å². The average molecular weight is 293 g/mol. The summed E-state index contributed by atoms with van der Waals surface area (Å²) in [6, 6.07) is 4.66. The molecule has 0 heterocycles. The second-order valence-electron chi connectivity index (χ2n) is 4.96. The lowest BCUT2D eigenvalue weighted by molar-refractivity contribution is -0.383. The number of carbonyl (C=O) groups is 1. The molecule has 21 heavy (non-hydrogen) atoms. The molecule has 7 nitrogen and oxygen atoms in total. The molecule has 1 aliphatic carbocycles. The molecular formula is C14H19N3O4. The van der Waals surface area contributed by atoms with Gasteiger partial charge in [0.05, 0.1) is 11.5 Å². The number of amides is 1. The van der Waals surface area contributed by atoms with Crippen LogP contribution in [0.1, 0.15) is 23.2 Å². The molecule has 7 heteroatoms. The molecule has 1 aromatic carbocycles. The number of hydrogen-bond acceptors (Lipinski definition) is 5. The number of rotatable bonds is 7. The zero-order valence-corrected chi connectivity index (χ0v) is 12.2. The lowest BCUT2D eigenvalue weighted by atomic mass is 10.1. The van der Waals surface area contributed by atoms with Crippen LogP contribution in [0.15, 0.2) is 18.2 Å². The molecule has 0 bridgehead atoms. The molecule has 2 rings (SSSR count). The number of carbonyl (C=O) groups excluding carboxylic acids is 1. The van der Waals surface area contributed by atoms with E-state index in [1.807, 2.05) is 0 Å². The molecule has 1 N–H and O–H groups in total. The third kappa shape index (κ3) is 3.49. The van der Waals surface area contributed by atoms with Crippen LogP contribution in [0.25, 0.3) is 0 Å². The van der Waals surface area contributed by atoms with Crippen LogP contribution < -0.4 is 5.32 Å². The highest BCUT2D eigenvalue weighted by atomic mass is 16.6. The van der Waals surface area contributed by atoms with Crippen molar-refractivity contribution in [3.63, 3.8) is 0 Å². The van der Waals surface area contributed by atoms with Crippen molar-refractivity contribution in [2.75, 3.05) is 32.6 Å². The Morgan fingerprint density at radius 3 is 2.76 bits per heavy atom. The number of anilines is 1. The number of nitrogens with one attached hydrogen (secondary N) is 1. The van der Waals surface area contributed by atoms with Crippen LogP contribution in [-0.2, 0) is 4.74 Å². The van der Waals surface area contributed by atoms with Gasteiger partial charge in [-0.3, -0.25) is 14.9 Å². The third-order valence-corrected chi connectivity index (χ3v) is 3.49. The quantitative estimate of drug-likeness (QED) is 0.613. The van der Waals surface area contributed by atoms with Gasteiger partial charge in [-0.2, -0.15) is 0 Å². The van der Waals surface area contributed by atoms with E-state index in [0.717, 1.165) is 12.8 Å². The summed E-state index contributed by atoms with van der Waals surface area (Å²) in [5.74, 6) is -0.110. The van der Waals surface area contributed by atoms with Gasteiger partial charge in [-0.1, -0.05) is 0 Å². The molecule has 0 aliphatic heterocycles. The van der Waals surface area contributed by atoms with Gasteiger partial charge in [0, 0.05) is 38.4 Å². The maximum absolute atomic E-state index is 12.6.